The number of nitrogens with one attached hydrogen (secondary N) is 1. The van der Waals surface area contributed by atoms with Crippen LogP contribution in [0.4, 0.5) is 5.69 Å². The van der Waals surface area contributed by atoms with Crippen molar-refractivity contribution >= 4 is 21.6 Å². The summed E-state index contributed by atoms with van der Waals surface area (Å²) in [7, 11) is -3.72. The highest BCUT2D eigenvalue weighted by atomic mass is 32.2. The van der Waals surface area contributed by atoms with Gasteiger partial charge in [-0.1, -0.05) is 0 Å². The molecular weight excluding hydrogens is 242 g/mol. The van der Waals surface area contributed by atoms with Gasteiger partial charge in [-0.05, 0) is 23.8 Å². The number of hydrogen-bond donors (Lipinski definition) is 3. The highest BCUT2D eigenvalue weighted by Gasteiger charge is 2.25. The zero-order chi connectivity index (χ0) is 12.6. The Morgan fingerprint density at radius 3 is 2.76 bits per heavy atom. The number of amides is 1. The lowest BCUT2D eigenvalue weighted by molar-refractivity contribution is -0.118. The molecule has 92 valence electrons. The Morgan fingerprint density at radius 1 is 1.47 bits per heavy atom. The second-order valence-electron chi connectivity index (χ2n) is 4.04. The van der Waals surface area contributed by atoms with Crippen LogP contribution < -0.4 is 16.2 Å². The van der Waals surface area contributed by atoms with E-state index >= 15 is 0 Å². The number of carbonyl (C=O) groups excluding carboxylic acids is 1. The molecular formula is C10H13N3O3S. The average Bonchev–Trinajstić information content (AvgIpc) is 2.59. The smallest absolute Gasteiger partial charge is 0.238 e. The number of nitrogens with two attached hydrogens (primary N) is 2. The van der Waals surface area contributed by atoms with E-state index in [0.29, 0.717) is 6.54 Å². The van der Waals surface area contributed by atoms with Crippen molar-refractivity contribution in [2.24, 2.45) is 10.9 Å². The summed E-state index contributed by atoms with van der Waals surface area (Å²) in [6, 6.07) is 4.59. The first-order chi connectivity index (χ1) is 7.88. The van der Waals surface area contributed by atoms with Gasteiger partial charge in [0.05, 0.1) is 4.90 Å². The van der Waals surface area contributed by atoms with Gasteiger partial charge in [0, 0.05) is 24.6 Å². The summed E-state index contributed by atoms with van der Waals surface area (Å²) in [5.74, 6) is -0.505. The molecule has 0 bridgehead atoms. The van der Waals surface area contributed by atoms with Crippen LogP contribution in [-0.4, -0.2) is 20.9 Å². The van der Waals surface area contributed by atoms with Crippen LogP contribution in [0.2, 0.25) is 0 Å². The van der Waals surface area contributed by atoms with Gasteiger partial charge >= 0.3 is 0 Å². The van der Waals surface area contributed by atoms with E-state index < -0.39 is 15.9 Å². The van der Waals surface area contributed by atoms with Gasteiger partial charge in [-0.3, -0.25) is 4.79 Å². The molecule has 1 amide bonds. The summed E-state index contributed by atoms with van der Waals surface area (Å²) in [6.45, 7) is 0.576. The first-order valence-electron chi connectivity index (χ1n) is 5.07. The van der Waals surface area contributed by atoms with Crippen molar-refractivity contribution in [3.8, 4) is 0 Å². The topological polar surface area (TPSA) is 115 Å². The summed E-state index contributed by atoms with van der Waals surface area (Å²) in [4.78, 5) is 10.9. The molecule has 1 heterocycles. The molecule has 5 N–H and O–H groups in total. The van der Waals surface area contributed by atoms with Crippen molar-refractivity contribution in [1.82, 2.24) is 0 Å². The third-order valence-corrected chi connectivity index (χ3v) is 3.69. The van der Waals surface area contributed by atoms with E-state index in [1.54, 1.807) is 6.07 Å². The highest BCUT2D eigenvalue weighted by molar-refractivity contribution is 7.89. The predicted octanol–water partition coefficient (Wildman–Crippen LogP) is -0.282. The molecule has 1 aromatic rings. The quantitative estimate of drug-likeness (QED) is 0.688. The molecule has 0 aromatic heterocycles. The van der Waals surface area contributed by atoms with E-state index in [1.165, 1.54) is 12.1 Å². The largest absolute Gasteiger partial charge is 0.384 e. The fourth-order valence-electron chi connectivity index (χ4n) is 1.98. The Balaban J connectivity index is 2.40. The van der Waals surface area contributed by atoms with Crippen LogP contribution in [0, 0.1) is 0 Å². The van der Waals surface area contributed by atoms with E-state index in [2.05, 4.69) is 5.32 Å². The van der Waals surface area contributed by atoms with Crippen LogP contribution >= 0.6 is 0 Å². The number of rotatable bonds is 3. The van der Waals surface area contributed by atoms with Gasteiger partial charge < -0.3 is 11.1 Å². The fourth-order valence-corrected chi connectivity index (χ4v) is 2.53. The summed E-state index contributed by atoms with van der Waals surface area (Å²) >= 11 is 0. The number of carbonyl (C=O) groups is 1. The Hall–Kier alpha value is -1.60. The Morgan fingerprint density at radius 2 is 2.18 bits per heavy atom. The number of hydrogen-bond acceptors (Lipinski definition) is 4. The molecule has 0 aliphatic carbocycles. The van der Waals surface area contributed by atoms with Gasteiger partial charge in [0.2, 0.25) is 15.9 Å². The first kappa shape index (κ1) is 11.9. The summed E-state index contributed by atoms with van der Waals surface area (Å²) in [5, 5.41) is 8.15. The molecule has 1 unspecified atom stereocenters. The van der Waals surface area contributed by atoms with E-state index in [1.807, 2.05) is 0 Å². The fraction of sp³-hybridized carbons (Fsp3) is 0.300. The molecule has 7 heteroatoms. The number of benzene rings is 1. The lowest BCUT2D eigenvalue weighted by Gasteiger charge is -2.08. The Labute approximate surface area is 99.0 Å². The molecule has 0 radical (unpaired) electrons. The van der Waals surface area contributed by atoms with Gasteiger partial charge in [-0.15, -0.1) is 0 Å². The number of primary sulfonamides is 1. The van der Waals surface area contributed by atoms with Crippen LogP contribution in [0.1, 0.15) is 17.9 Å². The number of fused-ring (bicyclic) bond motifs is 1. The van der Waals surface area contributed by atoms with Gasteiger partial charge in [-0.25, -0.2) is 13.6 Å². The van der Waals surface area contributed by atoms with Crippen LogP contribution in [-0.2, 0) is 14.8 Å². The van der Waals surface area contributed by atoms with Gasteiger partial charge in [0.25, 0.3) is 0 Å². The maximum absolute atomic E-state index is 11.2. The molecule has 0 spiro atoms. The van der Waals surface area contributed by atoms with Crippen molar-refractivity contribution < 1.29 is 13.2 Å². The number of anilines is 1. The zero-order valence-electron chi connectivity index (χ0n) is 9.01. The maximum atomic E-state index is 11.2. The molecule has 1 atom stereocenters. The minimum Gasteiger partial charge on any atom is -0.384 e. The lowest BCUT2D eigenvalue weighted by atomic mass is 9.98. The molecule has 1 aliphatic rings. The molecule has 2 rings (SSSR count). The van der Waals surface area contributed by atoms with E-state index in [4.69, 9.17) is 10.9 Å². The summed E-state index contributed by atoms with van der Waals surface area (Å²) in [6.07, 6.45) is 0.189. The van der Waals surface area contributed by atoms with Crippen molar-refractivity contribution in [2.45, 2.75) is 17.2 Å². The SMILES string of the molecule is NC(=O)CC1CNc2ccc(S(N)(=O)=O)cc21. The molecule has 1 aliphatic heterocycles. The molecule has 0 fully saturated rings. The Bertz CT molecular complexity index is 568. The molecule has 1 aromatic carbocycles. The zero-order valence-corrected chi connectivity index (χ0v) is 9.83. The van der Waals surface area contributed by atoms with E-state index in [0.717, 1.165) is 11.3 Å². The van der Waals surface area contributed by atoms with Gasteiger partial charge in [0.15, 0.2) is 0 Å². The highest BCUT2D eigenvalue weighted by Crippen LogP contribution is 2.34. The third kappa shape index (κ3) is 2.40. The summed E-state index contributed by atoms with van der Waals surface area (Å²) in [5.41, 5.74) is 6.74. The van der Waals surface area contributed by atoms with Crippen LogP contribution in [0.5, 0.6) is 0 Å². The molecule has 0 saturated heterocycles. The normalized spacial score (nSPS) is 18.5. The third-order valence-electron chi connectivity index (χ3n) is 2.78. The summed E-state index contributed by atoms with van der Waals surface area (Å²) < 4.78 is 22.5. The lowest BCUT2D eigenvalue weighted by Crippen LogP contribution is -2.16. The molecule has 6 nitrogen and oxygen atoms in total. The van der Waals surface area contributed by atoms with E-state index in [9.17, 15) is 13.2 Å². The van der Waals surface area contributed by atoms with Crippen molar-refractivity contribution in [3.05, 3.63) is 23.8 Å². The van der Waals surface area contributed by atoms with E-state index in [-0.39, 0.29) is 17.2 Å². The number of primary amides is 1. The van der Waals surface area contributed by atoms with Gasteiger partial charge in [-0.2, -0.15) is 0 Å². The van der Waals surface area contributed by atoms with Crippen molar-refractivity contribution in [3.63, 3.8) is 0 Å². The second kappa shape index (κ2) is 4.01. The maximum Gasteiger partial charge on any atom is 0.238 e. The van der Waals surface area contributed by atoms with Crippen LogP contribution in [0.15, 0.2) is 23.1 Å². The average molecular weight is 255 g/mol. The monoisotopic (exact) mass is 255 g/mol. The Kier molecular flexibility index (Phi) is 2.80. The first-order valence-corrected chi connectivity index (χ1v) is 6.61. The van der Waals surface area contributed by atoms with Crippen LogP contribution in [0.25, 0.3) is 0 Å². The predicted molar refractivity (Wildman–Crippen MR) is 62.9 cm³/mol. The van der Waals surface area contributed by atoms with Crippen molar-refractivity contribution in [2.75, 3.05) is 11.9 Å². The second-order valence-corrected chi connectivity index (χ2v) is 5.60. The minimum atomic E-state index is -3.72. The number of sulfonamides is 1. The van der Waals surface area contributed by atoms with Crippen molar-refractivity contribution in [1.29, 1.82) is 0 Å². The van der Waals surface area contributed by atoms with Gasteiger partial charge in [0.1, 0.15) is 0 Å². The van der Waals surface area contributed by atoms with Crippen LogP contribution in [0.3, 0.4) is 0 Å². The standard InChI is InChI=1S/C10H13N3O3S/c11-10(14)3-6-5-13-9-2-1-7(4-8(6)9)17(12,15)16/h1-2,4,6,13H,3,5H2,(H2,11,14)(H2,12,15,16). The molecule has 17 heavy (non-hydrogen) atoms. The minimum absolute atomic E-state index is 0.0504. The molecule has 0 saturated carbocycles.